The number of amides is 3. The fourth-order valence-corrected chi connectivity index (χ4v) is 6.08. The predicted octanol–water partition coefficient (Wildman–Crippen LogP) is 0.713. The highest BCUT2D eigenvalue weighted by Crippen LogP contribution is 2.51. The summed E-state index contributed by atoms with van der Waals surface area (Å²) in [5.41, 5.74) is 13.0. The summed E-state index contributed by atoms with van der Waals surface area (Å²) in [6.07, 6.45) is 2.88. The molecule has 1 aliphatic carbocycles. The Balaban J connectivity index is 1.12. The molecule has 5 rings (SSSR count). The van der Waals surface area contributed by atoms with E-state index in [1.165, 1.54) is 10.1 Å². The molecule has 1 saturated carbocycles. The van der Waals surface area contributed by atoms with Crippen LogP contribution >= 0.6 is 0 Å². The van der Waals surface area contributed by atoms with E-state index in [0.29, 0.717) is 38.6 Å². The molecule has 0 bridgehead atoms. The van der Waals surface area contributed by atoms with Gasteiger partial charge in [-0.25, -0.2) is 9.59 Å². The fraction of sp³-hybridized carbons (Fsp3) is 0.571. The minimum atomic E-state index is -0.467. The number of anilines is 1. The van der Waals surface area contributed by atoms with Gasteiger partial charge in [0.15, 0.2) is 0 Å². The van der Waals surface area contributed by atoms with Gasteiger partial charge in [0, 0.05) is 64.0 Å². The maximum absolute atomic E-state index is 12.7. The molecule has 0 spiro atoms. The van der Waals surface area contributed by atoms with Gasteiger partial charge in [0.2, 0.25) is 5.91 Å². The maximum Gasteiger partial charge on any atom is 0.354 e. The molecule has 0 radical (unpaired) electrons. The van der Waals surface area contributed by atoms with E-state index in [2.05, 4.69) is 34.3 Å². The van der Waals surface area contributed by atoms with Crippen LogP contribution in [0.25, 0.3) is 5.69 Å². The number of piperazine rings is 1. The Morgan fingerprint density at radius 3 is 2.26 bits per heavy atom. The van der Waals surface area contributed by atoms with Crippen molar-refractivity contribution in [2.75, 3.05) is 51.1 Å². The molecule has 2 unspecified atom stereocenters. The Morgan fingerprint density at radius 2 is 1.67 bits per heavy atom. The first-order valence-electron chi connectivity index (χ1n) is 14.0. The van der Waals surface area contributed by atoms with E-state index in [4.69, 9.17) is 11.5 Å². The van der Waals surface area contributed by atoms with Crippen molar-refractivity contribution in [3.8, 4) is 5.69 Å². The molecular formula is C28H40N8O3. The van der Waals surface area contributed by atoms with Gasteiger partial charge in [-0.3, -0.25) is 19.6 Å². The Labute approximate surface area is 229 Å². The number of carbonyl (C=O) groups excluding carboxylic acids is 2. The number of benzene rings is 1. The van der Waals surface area contributed by atoms with Crippen LogP contribution in [-0.4, -0.2) is 94.1 Å². The first-order chi connectivity index (χ1) is 18.7. The van der Waals surface area contributed by atoms with E-state index in [0.717, 1.165) is 49.5 Å². The van der Waals surface area contributed by atoms with Crippen LogP contribution in [0.5, 0.6) is 0 Å². The number of carbonyl (C=O) groups is 2. The number of rotatable bonds is 8. The van der Waals surface area contributed by atoms with Crippen LogP contribution in [0.3, 0.4) is 0 Å². The minimum Gasteiger partial charge on any atom is -0.339 e. The number of piperidine rings is 1. The van der Waals surface area contributed by atoms with Gasteiger partial charge in [-0.15, -0.1) is 0 Å². The second-order valence-corrected chi connectivity index (χ2v) is 11.3. The smallest absolute Gasteiger partial charge is 0.339 e. The van der Waals surface area contributed by atoms with Crippen molar-refractivity contribution in [3.05, 3.63) is 52.6 Å². The van der Waals surface area contributed by atoms with Crippen LogP contribution in [0.1, 0.15) is 25.8 Å². The molecule has 11 nitrogen and oxygen atoms in total. The molecular weight excluding hydrogens is 496 g/mol. The van der Waals surface area contributed by atoms with Gasteiger partial charge in [-0.1, -0.05) is 12.1 Å². The monoisotopic (exact) mass is 536 g/mol. The zero-order valence-corrected chi connectivity index (χ0v) is 22.8. The lowest BCUT2D eigenvalue weighted by molar-refractivity contribution is -0.132. The highest BCUT2D eigenvalue weighted by atomic mass is 16.2. The Hall–Kier alpha value is -3.28. The number of fused-ring (bicyclic) bond motifs is 1. The van der Waals surface area contributed by atoms with Gasteiger partial charge in [0.05, 0.1) is 5.69 Å². The van der Waals surface area contributed by atoms with E-state index in [1.54, 1.807) is 29.0 Å². The van der Waals surface area contributed by atoms with Crippen molar-refractivity contribution in [1.82, 2.24) is 24.3 Å². The van der Waals surface area contributed by atoms with E-state index < -0.39 is 5.69 Å². The third-order valence-corrected chi connectivity index (χ3v) is 8.50. The Morgan fingerprint density at radius 1 is 1.03 bits per heavy atom. The van der Waals surface area contributed by atoms with Crippen molar-refractivity contribution in [3.63, 3.8) is 0 Å². The van der Waals surface area contributed by atoms with Gasteiger partial charge in [-0.2, -0.15) is 4.98 Å². The SMILES string of the molecule is CC(Cc1ccc(-n2ccc(NC(=O)N3CCN(C(=O)C[C@H](C)N)CC3)nc2=O)cc1)N1C[C@@H]2C(CN)[C@@H]2C1. The lowest BCUT2D eigenvalue weighted by atomic mass is 10.0. The normalized spacial score (nSPS) is 24.3. The molecule has 39 heavy (non-hydrogen) atoms. The van der Waals surface area contributed by atoms with E-state index in [1.807, 2.05) is 12.1 Å². The number of nitrogens with two attached hydrogens (primary N) is 2. The summed E-state index contributed by atoms with van der Waals surface area (Å²) in [5, 5.41) is 2.70. The molecule has 2 aromatic rings. The molecule has 2 saturated heterocycles. The Kier molecular flexibility index (Phi) is 8.01. The second-order valence-electron chi connectivity index (χ2n) is 11.3. The fourth-order valence-electron chi connectivity index (χ4n) is 6.08. The first kappa shape index (κ1) is 27.3. The molecule has 3 fully saturated rings. The van der Waals surface area contributed by atoms with Crippen LogP contribution < -0.4 is 22.5 Å². The molecule has 1 aromatic heterocycles. The average molecular weight is 537 g/mol. The lowest BCUT2D eigenvalue weighted by Gasteiger charge is -2.35. The van der Waals surface area contributed by atoms with Crippen molar-refractivity contribution in [1.29, 1.82) is 0 Å². The number of hydrogen-bond donors (Lipinski definition) is 3. The molecule has 3 heterocycles. The summed E-state index contributed by atoms with van der Waals surface area (Å²) in [6, 6.07) is 9.54. The average Bonchev–Trinajstić information content (AvgIpc) is 3.38. The van der Waals surface area contributed by atoms with Gasteiger partial charge >= 0.3 is 11.7 Å². The van der Waals surface area contributed by atoms with E-state index in [9.17, 15) is 14.4 Å². The largest absolute Gasteiger partial charge is 0.354 e. The number of urea groups is 1. The summed E-state index contributed by atoms with van der Waals surface area (Å²) in [6.45, 7) is 8.92. The molecule has 210 valence electrons. The number of nitrogens with zero attached hydrogens (tertiary/aromatic N) is 5. The number of likely N-dealkylation sites (tertiary alicyclic amines) is 1. The van der Waals surface area contributed by atoms with Gasteiger partial charge in [-0.05, 0) is 68.3 Å². The molecule has 3 aliphatic rings. The maximum atomic E-state index is 12.7. The topological polar surface area (TPSA) is 143 Å². The van der Waals surface area contributed by atoms with Crippen LogP contribution in [0.15, 0.2) is 41.3 Å². The van der Waals surface area contributed by atoms with Gasteiger partial charge in [0.25, 0.3) is 0 Å². The quantitative estimate of drug-likeness (QED) is 0.451. The van der Waals surface area contributed by atoms with Crippen LogP contribution in [0.4, 0.5) is 10.6 Å². The summed E-state index contributed by atoms with van der Waals surface area (Å²) in [7, 11) is 0. The van der Waals surface area contributed by atoms with Crippen LogP contribution in [0.2, 0.25) is 0 Å². The number of nitrogens with one attached hydrogen (secondary N) is 1. The number of aromatic nitrogens is 2. The molecule has 5 atom stereocenters. The third kappa shape index (κ3) is 6.15. The second kappa shape index (κ2) is 11.4. The molecule has 11 heteroatoms. The van der Waals surface area contributed by atoms with Crippen molar-refractivity contribution in [2.24, 2.45) is 29.2 Å². The molecule has 5 N–H and O–H groups in total. The van der Waals surface area contributed by atoms with E-state index >= 15 is 0 Å². The molecule has 3 amide bonds. The van der Waals surface area contributed by atoms with Gasteiger partial charge in [0.1, 0.15) is 5.82 Å². The van der Waals surface area contributed by atoms with Gasteiger partial charge < -0.3 is 21.3 Å². The van der Waals surface area contributed by atoms with Crippen LogP contribution in [0, 0.1) is 17.8 Å². The number of hydrogen-bond acceptors (Lipinski definition) is 7. The van der Waals surface area contributed by atoms with E-state index in [-0.39, 0.29) is 23.8 Å². The zero-order valence-electron chi connectivity index (χ0n) is 22.8. The van der Waals surface area contributed by atoms with Crippen LogP contribution in [-0.2, 0) is 11.2 Å². The summed E-state index contributed by atoms with van der Waals surface area (Å²) in [4.78, 5) is 47.6. The molecule has 2 aliphatic heterocycles. The zero-order chi connectivity index (χ0) is 27.7. The Bertz CT molecular complexity index is 1230. The van der Waals surface area contributed by atoms with Crippen molar-refractivity contribution < 1.29 is 9.59 Å². The lowest BCUT2D eigenvalue weighted by Crippen LogP contribution is -2.52. The molecule has 1 aromatic carbocycles. The third-order valence-electron chi connectivity index (χ3n) is 8.50. The summed E-state index contributed by atoms with van der Waals surface area (Å²) >= 11 is 0. The van der Waals surface area contributed by atoms with Crippen molar-refractivity contribution >= 4 is 17.8 Å². The highest BCUT2D eigenvalue weighted by Gasteiger charge is 2.55. The summed E-state index contributed by atoms with van der Waals surface area (Å²) in [5.74, 6) is 2.51. The first-order valence-corrected chi connectivity index (χ1v) is 14.0. The predicted molar refractivity (Wildman–Crippen MR) is 150 cm³/mol. The summed E-state index contributed by atoms with van der Waals surface area (Å²) < 4.78 is 1.46. The minimum absolute atomic E-state index is 0.00166. The van der Waals surface area contributed by atoms with Crippen molar-refractivity contribution in [2.45, 2.75) is 38.8 Å². The highest BCUT2D eigenvalue weighted by molar-refractivity contribution is 5.88. The standard InChI is InChI=1S/C28H40N8O3/c1-18(30)13-26(37)33-9-11-34(12-10-33)27(38)31-25-7-8-36(28(39)32-25)21-5-3-20(4-6-21)14-19(2)35-16-23-22(15-29)24(23)17-35/h3-8,18-19,22-24H,9-17,29-30H2,1-2H3,(H,31,32,38,39)/t18-,19?,22?,23-,24+/m0/s1.